The molecule has 0 aliphatic carbocycles. The largest absolute Gasteiger partial charge is 0.461 e. The maximum absolute atomic E-state index is 14.5. The van der Waals surface area contributed by atoms with Crippen molar-refractivity contribution < 1.29 is 33.2 Å². The molecule has 0 spiro atoms. The number of imidazole rings is 1. The lowest BCUT2D eigenvalue weighted by atomic mass is 9.85. The van der Waals surface area contributed by atoms with Gasteiger partial charge in [-0.05, 0) is 105 Å². The highest BCUT2D eigenvalue weighted by Gasteiger charge is 2.46. The molecule has 1 aliphatic rings. The normalized spacial score (nSPS) is 15.8. The van der Waals surface area contributed by atoms with E-state index in [1.165, 1.54) is 11.8 Å². The Morgan fingerprint density at radius 1 is 0.941 bits per heavy atom. The molecule has 1 aliphatic heterocycles. The molecule has 0 unspecified atom stereocenters. The minimum atomic E-state index is -0.997. The average molecular weight is 943 g/mol. The smallest absolute Gasteiger partial charge is 0.302 e. The number of unbranched alkanes of at least 4 members (excludes halogenated alkanes) is 1. The Hall–Kier alpha value is -6.65. The third-order valence-corrected chi connectivity index (χ3v) is 13.3. The van der Waals surface area contributed by atoms with Crippen molar-refractivity contribution in [1.82, 2.24) is 35.2 Å². The number of nitrogens with one attached hydrogen (secondary N) is 2. The van der Waals surface area contributed by atoms with Crippen LogP contribution >= 0.6 is 11.3 Å². The number of nitrogens with zero attached hydrogens (tertiary/aromatic N) is 6. The van der Waals surface area contributed by atoms with Gasteiger partial charge < -0.3 is 39.0 Å². The molecule has 68 heavy (non-hydrogen) atoms. The van der Waals surface area contributed by atoms with E-state index in [-0.39, 0.29) is 31.5 Å². The number of aromatic nitrogens is 4. The molecular weight excluding hydrogens is 881 g/mol. The van der Waals surface area contributed by atoms with Crippen LogP contribution in [0, 0.1) is 33.1 Å². The third-order valence-electron chi connectivity index (χ3n) is 12.3. The lowest BCUT2D eigenvalue weighted by Gasteiger charge is -2.35. The number of aryl methyl sites for hydroxylation is 4. The van der Waals surface area contributed by atoms with Crippen LogP contribution in [0.25, 0.3) is 27.3 Å². The fourth-order valence-corrected chi connectivity index (χ4v) is 9.53. The number of carbonyl (C=O) groups excluding carboxylic acids is 4. The van der Waals surface area contributed by atoms with Crippen LogP contribution < -0.4 is 15.5 Å². The second kappa shape index (κ2) is 21.5. The first-order valence-electron chi connectivity index (χ1n) is 23.0. The molecule has 1 fully saturated rings. The van der Waals surface area contributed by atoms with Gasteiger partial charge in [0, 0.05) is 61.5 Å². The van der Waals surface area contributed by atoms with Crippen LogP contribution in [0.1, 0.15) is 88.2 Å². The number of benzene rings is 3. The number of carbonyl (C=O) groups is 4. The number of rotatable bonds is 18. The molecule has 0 bridgehead atoms. The highest BCUT2D eigenvalue weighted by Crippen LogP contribution is 2.36. The van der Waals surface area contributed by atoms with E-state index < -0.39 is 41.4 Å². The Bertz CT molecular complexity index is 2670. The van der Waals surface area contributed by atoms with Gasteiger partial charge in [-0.2, -0.15) is 0 Å². The number of likely N-dealkylation sites (tertiary alicyclic amines) is 1. The number of ether oxygens (including phenoxy) is 2. The number of amides is 3. The summed E-state index contributed by atoms with van der Waals surface area (Å²) in [6, 6.07) is 20.4. The Labute approximate surface area is 402 Å². The molecule has 358 valence electrons. The van der Waals surface area contributed by atoms with Gasteiger partial charge in [0.2, 0.25) is 17.7 Å². The van der Waals surface area contributed by atoms with Gasteiger partial charge in [0.15, 0.2) is 0 Å². The van der Waals surface area contributed by atoms with Crippen LogP contribution in [0.5, 0.6) is 0 Å². The highest BCUT2D eigenvalue weighted by molar-refractivity contribution is 7.13. The molecule has 6 aromatic rings. The van der Waals surface area contributed by atoms with E-state index in [4.69, 9.17) is 14.0 Å². The van der Waals surface area contributed by atoms with Gasteiger partial charge >= 0.3 is 5.97 Å². The molecule has 4 atom stereocenters. The van der Waals surface area contributed by atoms with Gasteiger partial charge in [-0.1, -0.05) is 62.3 Å². The van der Waals surface area contributed by atoms with Gasteiger partial charge in [0.1, 0.15) is 30.6 Å². The van der Waals surface area contributed by atoms with Crippen molar-refractivity contribution in [2.45, 2.75) is 106 Å². The molecular formula is C52H62N8O7S. The van der Waals surface area contributed by atoms with Crippen LogP contribution in [-0.2, 0) is 28.7 Å². The molecule has 3 aromatic carbocycles. The summed E-state index contributed by atoms with van der Waals surface area (Å²) in [7, 11) is 0. The Kier molecular flexibility index (Phi) is 15.6. The van der Waals surface area contributed by atoms with Crippen molar-refractivity contribution in [2.24, 2.45) is 5.41 Å². The molecule has 4 heterocycles. The van der Waals surface area contributed by atoms with E-state index in [2.05, 4.69) is 80.0 Å². The molecule has 16 heteroatoms. The zero-order chi connectivity index (χ0) is 48.7. The molecule has 3 aromatic heterocycles. The summed E-state index contributed by atoms with van der Waals surface area (Å²) in [5.41, 5.74) is 11.0. The lowest BCUT2D eigenvalue weighted by Crippen LogP contribution is -2.58. The summed E-state index contributed by atoms with van der Waals surface area (Å²) >= 11 is 1.57. The summed E-state index contributed by atoms with van der Waals surface area (Å²) in [5, 5.41) is 10.2. The molecule has 0 radical (unpaired) electrons. The fourth-order valence-electron chi connectivity index (χ4n) is 8.72. The Balaban J connectivity index is 0.971. The van der Waals surface area contributed by atoms with E-state index in [1.807, 2.05) is 89.0 Å². The first-order chi connectivity index (χ1) is 32.5. The van der Waals surface area contributed by atoms with E-state index in [0.29, 0.717) is 19.6 Å². The quantitative estimate of drug-likeness (QED) is 0.0623. The first kappa shape index (κ1) is 49.3. The van der Waals surface area contributed by atoms with Crippen LogP contribution in [-0.4, -0.2) is 92.8 Å². The number of thiazole rings is 1. The fraction of sp³-hybridized carbons (Fsp3) is 0.404. The summed E-state index contributed by atoms with van der Waals surface area (Å²) in [6.45, 7) is 17.4. The highest BCUT2D eigenvalue weighted by atomic mass is 32.1. The van der Waals surface area contributed by atoms with Crippen molar-refractivity contribution in [1.29, 1.82) is 0 Å². The van der Waals surface area contributed by atoms with Crippen LogP contribution in [0.2, 0.25) is 0 Å². The van der Waals surface area contributed by atoms with Crippen molar-refractivity contribution >= 4 is 46.4 Å². The Morgan fingerprint density at radius 2 is 1.68 bits per heavy atom. The molecule has 0 saturated carbocycles. The number of hydrogen-bond donors (Lipinski definition) is 2. The lowest BCUT2D eigenvalue weighted by molar-refractivity contribution is -0.147. The predicted octanol–water partition coefficient (Wildman–Crippen LogP) is 8.76. The van der Waals surface area contributed by atoms with E-state index in [1.54, 1.807) is 23.9 Å². The van der Waals surface area contributed by atoms with Crippen molar-refractivity contribution in [3.8, 4) is 27.3 Å². The van der Waals surface area contributed by atoms with Gasteiger partial charge in [-0.25, -0.2) is 9.97 Å². The van der Waals surface area contributed by atoms with Gasteiger partial charge in [0.25, 0.3) is 0 Å². The first-order valence-corrected chi connectivity index (χ1v) is 23.9. The SMILES string of the molecule is CC(=O)O[C@@H]1C[C@@H](C(=O)N[C@@H](C)c2ccc(-c3scnc3C)cc2)N(C(=O)[C@@H](NC(=O)COCCCCN(c2ccc(-n3ccnc3)cc2)c2cc(-c3c(C)noc3C)ccc2C)C(C)(C)C)C1. The standard InChI is InChI=1S/C52H62N8O7S/c1-32-12-13-40(47-34(3)57-67-36(47)5)26-44(32)59(42-20-18-41(19-21-42)58-24-22-53-30-58)23-10-11-25-65-29-46(62)56-49(52(7,8)9)51(64)60-28-43(66-37(6)61)27-45(60)50(63)55-33(2)38-14-16-39(17-15-38)48-35(4)54-31-68-48/h12-22,24,26,30-31,33,43,45,49H,10-11,23,25,27-29H2,1-9H3,(H,55,63)(H,56,62)/t33-,43+,45-,49+/m0/s1. The summed E-state index contributed by atoms with van der Waals surface area (Å²) in [5.74, 6) is -1.01. The van der Waals surface area contributed by atoms with Crippen molar-refractivity contribution in [3.05, 3.63) is 119 Å². The van der Waals surface area contributed by atoms with Crippen LogP contribution in [0.4, 0.5) is 11.4 Å². The number of hydrogen-bond acceptors (Lipinski definition) is 12. The maximum Gasteiger partial charge on any atom is 0.302 e. The zero-order valence-electron chi connectivity index (χ0n) is 40.4. The maximum atomic E-state index is 14.5. The van der Waals surface area contributed by atoms with Gasteiger partial charge in [0.05, 0.1) is 40.7 Å². The molecule has 15 nitrogen and oxygen atoms in total. The monoisotopic (exact) mass is 942 g/mol. The number of anilines is 2. The minimum Gasteiger partial charge on any atom is -0.461 e. The number of esters is 1. The average Bonchev–Trinajstić information content (AvgIpc) is 4.14. The van der Waals surface area contributed by atoms with Crippen molar-refractivity contribution in [3.63, 3.8) is 0 Å². The molecule has 7 rings (SSSR count). The second-order valence-corrected chi connectivity index (χ2v) is 19.4. The van der Waals surface area contributed by atoms with Gasteiger partial charge in [-0.15, -0.1) is 11.3 Å². The molecule has 3 amide bonds. The van der Waals surface area contributed by atoms with E-state index in [0.717, 1.165) is 73.3 Å². The summed E-state index contributed by atoms with van der Waals surface area (Å²) < 4.78 is 18.9. The summed E-state index contributed by atoms with van der Waals surface area (Å²) in [4.78, 5) is 67.4. The molecule has 1 saturated heterocycles. The second-order valence-electron chi connectivity index (χ2n) is 18.6. The topological polar surface area (TPSA) is 174 Å². The minimum absolute atomic E-state index is 0.0160. The Morgan fingerprint density at radius 3 is 2.31 bits per heavy atom. The van der Waals surface area contributed by atoms with Gasteiger partial charge in [-0.3, -0.25) is 19.2 Å². The van der Waals surface area contributed by atoms with Crippen molar-refractivity contribution in [2.75, 3.05) is 31.2 Å². The summed E-state index contributed by atoms with van der Waals surface area (Å²) in [6.07, 6.45) is 6.29. The van der Waals surface area contributed by atoms with Crippen LogP contribution in [0.15, 0.2) is 95.5 Å². The molecule has 2 N–H and O–H groups in total. The predicted molar refractivity (Wildman–Crippen MR) is 263 cm³/mol. The zero-order valence-corrected chi connectivity index (χ0v) is 41.2. The van der Waals surface area contributed by atoms with Crippen LogP contribution in [0.3, 0.4) is 0 Å². The third kappa shape index (κ3) is 11.7. The van der Waals surface area contributed by atoms with E-state index in [9.17, 15) is 19.2 Å². The van der Waals surface area contributed by atoms with E-state index >= 15 is 0 Å².